The van der Waals surface area contributed by atoms with Gasteiger partial charge in [0.2, 0.25) is 0 Å². The average molecular weight is 447 g/mol. The molecule has 3 N–H and O–H groups in total. The van der Waals surface area contributed by atoms with Gasteiger partial charge in [-0.05, 0) is 43.2 Å². The molecule has 2 heterocycles. The number of carbonyl (C=O) groups excluding carboxylic acids is 1. The second-order valence-electron chi connectivity index (χ2n) is 7.01. The maximum Gasteiger partial charge on any atom is 0.256 e. The Balaban J connectivity index is 1.44. The Morgan fingerprint density at radius 3 is 3.04 bits per heavy atom. The number of aromatic nitrogens is 2. The van der Waals surface area contributed by atoms with Crippen LogP contribution in [-0.2, 0) is 4.79 Å². The monoisotopic (exact) mass is 446 g/mol. The normalized spacial score (nSPS) is 18.2. The molecule has 1 amide bonds. The summed E-state index contributed by atoms with van der Waals surface area (Å²) < 4.78 is 14.7. The molecule has 0 radical (unpaired) electrons. The summed E-state index contributed by atoms with van der Waals surface area (Å²) in [7, 11) is 0. The first-order valence-corrected chi connectivity index (χ1v) is 9.92. The van der Waals surface area contributed by atoms with Crippen LogP contribution in [0.3, 0.4) is 0 Å². The molecule has 1 fully saturated rings. The summed E-state index contributed by atoms with van der Waals surface area (Å²) in [6.45, 7) is 1.00. The number of piperidine rings is 1. The SMILES string of the molecule is O=C(C(O)c1ccc(Br)cc1F)N1CCCC(Nc2ccc3[nH]ncc3c2)C1. The van der Waals surface area contributed by atoms with E-state index in [9.17, 15) is 14.3 Å². The molecular formula is C20H20BrFN4O2. The van der Waals surface area contributed by atoms with Crippen molar-refractivity contribution in [2.24, 2.45) is 0 Å². The third-order valence-electron chi connectivity index (χ3n) is 5.04. The molecular weight excluding hydrogens is 427 g/mol. The Kier molecular flexibility index (Phi) is 5.32. The van der Waals surface area contributed by atoms with Crippen molar-refractivity contribution >= 4 is 38.4 Å². The number of aliphatic hydroxyl groups is 1. The lowest BCUT2D eigenvalue weighted by atomic mass is 10.0. The fourth-order valence-corrected chi connectivity index (χ4v) is 3.93. The number of nitrogens with one attached hydrogen (secondary N) is 2. The van der Waals surface area contributed by atoms with Gasteiger partial charge >= 0.3 is 0 Å². The molecule has 4 rings (SSSR count). The van der Waals surface area contributed by atoms with Gasteiger partial charge in [-0.1, -0.05) is 22.0 Å². The summed E-state index contributed by atoms with van der Waals surface area (Å²) >= 11 is 3.18. The van der Waals surface area contributed by atoms with Gasteiger partial charge in [-0.15, -0.1) is 0 Å². The largest absolute Gasteiger partial charge is 0.381 e. The Labute approximate surface area is 169 Å². The van der Waals surface area contributed by atoms with Crippen LogP contribution in [0, 0.1) is 5.82 Å². The number of aromatic amines is 1. The molecule has 2 aromatic carbocycles. The van der Waals surface area contributed by atoms with Crippen LogP contribution in [0.5, 0.6) is 0 Å². The maximum atomic E-state index is 14.1. The second kappa shape index (κ2) is 7.89. The van der Waals surface area contributed by atoms with Gasteiger partial charge in [0.15, 0.2) is 6.10 Å². The number of amides is 1. The van der Waals surface area contributed by atoms with E-state index >= 15 is 0 Å². The Hall–Kier alpha value is -2.45. The lowest BCUT2D eigenvalue weighted by Gasteiger charge is -2.35. The van der Waals surface area contributed by atoms with Crippen LogP contribution in [0.2, 0.25) is 0 Å². The number of hydrogen-bond acceptors (Lipinski definition) is 4. The number of carbonyl (C=O) groups is 1. The zero-order valence-electron chi connectivity index (χ0n) is 15.0. The fraction of sp³-hybridized carbons (Fsp3) is 0.300. The quantitative estimate of drug-likeness (QED) is 0.571. The van der Waals surface area contributed by atoms with Crippen molar-refractivity contribution in [1.29, 1.82) is 0 Å². The highest BCUT2D eigenvalue weighted by atomic mass is 79.9. The predicted molar refractivity (Wildman–Crippen MR) is 108 cm³/mol. The van der Waals surface area contributed by atoms with Gasteiger partial charge in [-0.3, -0.25) is 9.89 Å². The van der Waals surface area contributed by atoms with Crippen molar-refractivity contribution < 1.29 is 14.3 Å². The molecule has 0 spiro atoms. The number of rotatable bonds is 4. The molecule has 1 aliphatic heterocycles. The van der Waals surface area contributed by atoms with E-state index in [1.807, 2.05) is 18.2 Å². The average Bonchev–Trinajstić information content (AvgIpc) is 3.15. The standard InChI is InChI=1S/C20H20BrFN4O2/c21-13-3-5-16(17(22)9-13)19(27)20(28)26-7-1-2-15(11-26)24-14-4-6-18-12(8-14)10-23-25-18/h3-6,8-10,15,19,24,27H,1-2,7,11H2,(H,23,25). The van der Waals surface area contributed by atoms with Gasteiger partial charge in [0.1, 0.15) is 5.82 Å². The van der Waals surface area contributed by atoms with E-state index in [1.54, 1.807) is 17.2 Å². The van der Waals surface area contributed by atoms with Crippen LogP contribution in [-0.4, -0.2) is 45.2 Å². The van der Waals surface area contributed by atoms with Crippen LogP contribution >= 0.6 is 15.9 Å². The van der Waals surface area contributed by atoms with Gasteiger partial charge < -0.3 is 15.3 Å². The molecule has 1 saturated heterocycles. The first-order valence-electron chi connectivity index (χ1n) is 9.13. The molecule has 0 bridgehead atoms. The highest BCUT2D eigenvalue weighted by Gasteiger charge is 2.30. The number of nitrogens with zero attached hydrogens (tertiary/aromatic N) is 2. The lowest BCUT2D eigenvalue weighted by Crippen LogP contribution is -2.46. The number of anilines is 1. The summed E-state index contributed by atoms with van der Waals surface area (Å²) in [4.78, 5) is 14.3. The lowest BCUT2D eigenvalue weighted by molar-refractivity contribution is -0.141. The molecule has 6 nitrogen and oxygen atoms in total. The van der Waals surface area contributed by atoms with Crippen molar-refractivity contribution in [3.8, 4) is 0 Å². The van der Waals surface area contributed by atoms with E-state index < -0.39 is 17.8 Å². The minimum atomic E-state index is -1.51. The van der Waals surface area contributed by atoms with Crippen molar-refractivity contribution in [3.05, 3.63) is 58.4 Å². The Morgan fingerprint density at radius 1 is 1.36 bits per heavy atom. The van der Waals surface area contributed by atoms with Crippen LogP contribution in [0.4, 0.5) is 10.1 Å². The minimum Gasteiger partial charge on any atom is -0.381 e. The highest BCUT2D eigenvalue weighted by molar-refractivity contribution is 9.10. The number of halogens is 2. The molecule has 146 valence electrons. The number of aliphatic hydroxyl groups excluding tert-OH is 1. The maximum absolute atomic E-state index is 14.1. The summed E-state index contributed by atoms with van der Waals surface area (Å²) in [5, 5.41) is 21.8. The molecule has 0 saturated carbocycles. The number of fused-ring (bicyclic) bond motifs is 1. The van der Waals surface area contributed by atoms with Crippen molar-refractivity contribution in [2.45, 2.75) is 25.0 Å². The molecule has 2 atom stereocenters. The van der Waals surface area contributed by atoms with Gasteiger partial charge in [0, 0.05) is 40.2 Å². The molecule has 0 aliphatic carbocycles. The van der Waals surface area contributed by atoms with E-state index in [4.69, 9.17) is 0 Å². The summed E-state index contributed by atoms with van der Waals surface area (Å²) in [5.74, 6) is -1.08. The molecule has 3 aromatic rings. The van der Waals surface area contributed by atoms with E-state index in [1.165, 1.54) is 12.1 Å². The van der Waals surface area contributed by atoms with Crippen LogP contribution < -0.4 is 5.32 Å². The van der Waals surface area contributed by atoms with Gasteiger partial charge in [-0.25, -0.2) is 4.39 Å². The summed E-state index contributed by atoms with van der Waals surface area (Å²) in [6.07, 6.45) is 1.98. The van der Waals surface area contributed by atoms with Crippen molar-refractivity contribution in [1.82, 2.24) is 15.1 Å². The predicted octanol–water partition coefficient (Wildman–Crippen LogP) is 3.60. The Morgan fingerprint density at radius 2 is 2.21 bits per heavy atom. The first-order chi connectivity index (χ1) is 13.5. The van der Waals surface area contributed by atoms with E-state index in [2.05, 4.69) is 31.4 Å². The number of hydrogen-bond donors (Lipinski definition) is 3. The topological polar surface area (TPSA) is 81.2 Å². The third kappa shape index (κ3) is 3.88. The van der Waals surface area contributed by atoms with Gasteiger partial charge in [0.05, 0.1) is 11.7 Å². The van der Waals surface area contributed by atoms with Gasteiger partial charge in [-0.2, -0.15) is 5.10 Å². The smallest absolute Gasteiger partial charge is 0.256 e. The van der Waals surface area contributed by atoms with Crippen LogP contribution in [0.15, 0.2) is 47.1 Å². The summed E-state index contributed by atoms with van der Waals surface area (Å²) in [6, 6.07) is 10.3. The molecule has 1 aliphatic rings. The molecule has 8 heteroatoms. The van der Waals surface area contributed by atoms with E-state index in [-0.39, 0.29) is 11.6 Å². The zero-order valence-corrected chi connectivity index (χ0v) is 16.6. The van der Waals surface area contributed by atoms with Crippen molar-refractivity contribution in [2.75, 3.05) is 18.4 Å². The fourth-order valence-electron chi connectivity index (χ4n) is 3.59. The van der Waals surface area contributed by atoms with Crippen LogP contribution in [0.25, 0.3) is 10.9 Å². The number of likely N-dealkylation sites (tertiary alicyclic amines) is 1. The molecule has 2 unspecified atom stereocenters. The Bertz CT molecular complexity index is 1010. The number of benzene rings is 2. The zero-order chi connectivity index (χ0) is 19.7. The van der Waals surface area contributed by atoms with Crippen molar-refractivity contribution in [3.63, 3.8) is 0 Å². The molecule has 1 aromatic heterocycles. The van der Waals surface area contributed by atoms with E-state index in [0.717, 1.165) is 29.4 Å². The third-order valence-corrected chi connectivity index (χ3v) is 5.53. The van der Waals surface area contributed by atoms with E-state index in [0.29, 0.717) is 17.6 Å². The van der Waals surface area contributed by atoms with Crippen LogP contribution in [0.1, 0.15) is 24.5 Å². The second-order valence-corrected chi connectivity index (χ2v) is 7.92. The highest BCUT2D eigenvalue weighted by Crippen LogP contribution is 2.25. The molecule has 28 heavy (non-hydrogen) atoms. The first kappa shape index (κ1) is 18.9. The van der Waals surface area contributed by atoms with Gasteiger partial charge in [0.25, 0.3) is 5.91 Å². The summed E-state index contributed by atoms with van der Waals surface area (Å²) in [5.41, 5.74) is 1.91. The number of H-pyrrole nitrogens is 1. The minimum absolute atomic E-state index is 0.00584.